The lowest BCUT2D eigenvalue weighted by molar-refractivity contribution is 1.02. The molecule has 0 unspecified atom stereocenters. The Morgan fingerprint density at radius 3 is 2.48 bits per heavy atom. The van der Waals surface area contributed by atoms with Gasteiger partial charge in [0.2, 0.25) is 0 Å². The predicted octanol–water partition coefficient (Wildman–Crippen LogP) is 5.35. The number of benzene rings is 2. The molecular formula is C19H18ClN. The highest BCUT2D eigenvalue weighted by Gasteiger charge is 2.12. The van der Waals surface area contributed by atoms with Crippen LogP contribution in [0.4, 0.5) is 0 Å². The van der Waals surface area contributed by atoms with Crippen molar-refractivity contribution in [2.75, 3.05) is 0 Å². The highest BCUT2D eigenvalue weighted by Crippen LogP contribution is 2.30. The number of aromatic nitrogens is 1. The first-order valence-electron chi connectivity index (χ1n) is 7.31. The average Bonchev–Trinajstić information content (AvgIpc) is 2.52. The van der Waals surface area contributed by atoms with Gasteiger partial charge in [0.05, 0.1) is 10.5 Å². The Labute approximate surface area is 130 Å². The zero-order valence-corrected chi connectivity index (χ0v) is 13.1. The van der Waals surface area contributed by atoms with E-state index in [1.807, 2.05) is 6.07 Å². The topological polar surface area (TPSA) is 12.9 Å². The number of fused-ring (bicyclic) bond motifs is 1. The monoisotopic (exact) mass is 295 g/mol. The predicted molar refractivity (Wildman–Crippen MR) is 90.1 cm³/mol. The summed E-state index contributed by atoms with van der Waals surface area (Å²) in [5.74, 6) is 0. The van der Waals surface area contributed by atoms with Crippen LogP contribution in [0.3, 0.4) is 0 Å². The molecule has 0 saturated carbocycles. The third-order valence-corrected chi connectivity index (χ3v) is 4.42. The summed E-state index contributed by atoms with van der Waals surface area (Å²) in [4.78, 5) is 4.87. The first-order chi connectivity index (χ1) is 10.2. The highest BCUT2D eigenvalue weighted by atomic mass is 35.5. The number of rotatable bonds is 3. The number of hydrogen-bond donors (Lipinski definition) is 0. The summed E-state index contributed by atoms with van der Waals surface area (Å²) >= 11 is 6.54. The maximum Gasteiger partial charge on any atom is 0.0755 e. The zero-order valence-electron chi connectivity index (χ0n) is 12.4. The lowest BCUT2D eigenvalue weighted by Crippen LogP contribution is -1.98. The molecule has 21 heavy (non-hydrogen) atoms. The van der Waals surface area contributed by atoms with Crippen molar-refractivity contribution >= 4 is 22.5 Å². The van der Waals surface area contributed by atoms with Crippen molar-refractivity contribution in [3.05, 3.63) is 75.9 Å². The number of halogens is 1. The Morgan fingerprint density at radius 2 is 1.76 bits per heavy atom. The van der Waals surface area contributed by atoms with E-state index in [4.69, 9.17) is 16.6 Å². The molecule has 0 saturated heterocycles. The largest absolute Gasteiger partial charge is 0.252 e. The lowest BCUT2D eigenvalue weighted by Gasteiger charge is -2.12. The molecule has 0 fully saturated rings. The van der Waals surface area contributed by atoms with E-state index in [-0.39, 0.29) is 0 Å². The Balaban J connectivity index is 2.17. The third-order valence-electron chi connectivity index (χ3n) is 3.94. The molecule has 1 aromatic heterocycles. The molecule has 1 nitrogen and oxygen atoms in total. The van der Waals surface area contributed by atoms with Crippen molar-refractivity contribution in [2.24, 2.45) is 0 Å². The van der Waals surface area contributed by atoms with Gasteiger partial charge in [-0.2, -0.15) is 0 Å². The molecule has 1 heterocycles. The number of nitrogens with zero attached hydrogens (tertiary/aromatic N) is 1. The van der Waals surface area contributed by atoms with Crippen LogP contribution in [0.25, 0.3) is 10.9 Å². The maximum atomic E-state index is 6.54. The van der Waals surface area contributed by atoms with E-state index in [1.165, 1.54) is 11.1 Å². The Morgan fingerprint density at radius 1 is 1.00 bits per heavy atom. The normalized spacial score (nSPS) is 11.0. The molecule has 2 aromatic carbocycles. The molecule has 0 N–H and O–H groups in total. The number of para-hydroxylation sites is 1. The smallest absolute Gasteiger partial charge is 0.0755 e. The lowest BCUT2D eigenvalue weighted by atomic mass is 10.00. The highest BCUT2D eigenvalue weighted by molar-refractivity contribution is 6.36. The van der Waals surface area contributed by atoms with Crippen LogP contribution < -0.4 is 0 Å². The van der Waals surface area contributed by atoms with E-state index in [1.54, 1.807) is 0 Å². The van der Waals surface area contributed by atoms with Crippen molar-refractivity contribution in [2.45, 2.75) is 26.7 Å². The summed E-state index contributed by atoms with van der Waals surface area (Å²) < 4.78 is 0. The van der Waals surface area contributed by atoms with E-state index in [0.717, 1.165) is 40.0 Å². The second-order valence-corrected chi connectivity index (χ2v) is 5.70. The van der Waals surface area contributed by atoms with Crippen molar-refractivity contribution in [3.63, 3.8) is 0 Å². The average molecular weight is 296 g/mol. The van der Waals surface area contributed by atoms with E-state index in [9.17, 15) is 0 Å². The van der Waals surface area contributed by atoms with Crippen LogP contribution in [0.15, 0.2) is 48.5 Å². The SMILES string of the molecule is CCc1nc2c(Cc3ccccc3)cccc2c(Cl)c1C. The molecule has 0 aliphatic heterocycles. The van der Waals surface area contributed by atoms with E-state index >= 15 is 0 Å². The molecule has 0 spiro atoms. The summed E-state index contributed by atoms with van der Waals surface area (Å²) in [5.41, 5.74) is 5.75. The van der Waals surface area contributed by atoms with Crippen LogP contribution in [-0.4, -0.2) is 4.98 Å². The molecule has 0 radical (unpaired) electrons. The van der Waals surface area contributed by atoms with E-state index < -0.39 is 0 Å². The van der Waals surface area contributed by atoms with Gasteiger partial charge in [-0.05, 0) is 36.5 Å². The fraction of sp³-hybridized carbons (Fsp3) is 0.211. The number of hydrogen-bond acceptors (Lipinski definition) is 1. The second kappa shape index (κ2) is 5.87. The van der Waals surface area contributed by atoms with Gasteiger partial charge in [0.25, 0.3) is 0 Å². The first-order valence-corrected chi connectivity index (χ1v) is 7.69. The molecular weight excluding hydrogens is 278 g/mol. The van der Waals surface area contributed by atoms with Crippen LogP contribution >= 0.6 is 11.6 Å². The van der Waals surface area contributed by atoms with Crippen LogP contribution in [0, 0.1) is 6.92 Å². The van der Waals surface area contributed by atoms with E-state index in [0.29, 0.717) is 0 Å². The van der Waals surface area contributed by atoms with Crippen molar-refractivity contribution in [1.82, 2.24) is 4.98 Å². The fourth-order valence-electron chi connectivity index (χ4n) is 2.75. The van der Waals surface area contributed by atoms with Gasteiger partial charge in [0.15, 0.2) is 0 Å². The minimum Gasteiger partial charge on any atom is -0.252 e. The molecule has 0 bridgehead atoms. The minimum absolute atomic E-state index is 0.840. The molecule has 0 aliphatic carbocycles. The van der Waals surface area contributed by atoms with Gasteiger partial charge < -0.3 is 0 Å². The fourth-order valence-corrected chi connectivity index (χ4v) is 3.01. The first kappa shape index (κ1) is 14.1. The molecule has 106 valence electrons. The summed E-state index contributed by atoms with van der Waals surface area (Å²) in [7, 11) is 0. The number of aryl methyl sites for hydroxylation is 1. The standard InChI is InChI=1S/C19H18ClN/c1-3-17-13(2)18(20)16-11-7-10-15(19(16)21-17)12-14-8-5-4-6-9-14/h4-11H,3,12H2,1-2H3. The van der Waals surface area contributed by atoms with Crippen LogP contribution in [0.1, 0.15) is 29.3 Å². The Bertz CT molecular complexity index is 778. The Hall–Kier alpha value is -1.86. The van der Waals surface area contributed by atoms with Crippen molar-refractivity contribution < 1.29 is 0 Å². The van der Waals surface area contributed by atoms with Gasteiger partial charge in [-0.3, -0.25) is 4.98 Å². The van der Waals surface area contributed by atoms with Gasteiger partial charge in [-0.25, -0.2) is 0 Å². The summed E-state index contributed by atoms with van der Waals surface area (Å²) in [6, 6.07) is 16.8. The maximum absolute atomic E-state index is 6.54. The zero-order chi connectivity index (χ0) is 14.8. The molecule has 0 amide bonds. The van der Waals surface area contributed by atoms with Crippen LogP contribution in [0.5, 0.6) is 0 Å². The van der Waals surface area contributed by atoms with Crippen molar-refractivity contribution in [3.8, 4) is 0 Å². The minimum atomic E-state index is 0.840. The molecule has 0 aliphatic rings. The second-order valence-electron chi connectivity index (χ2n) is 5.33. The molecule has 2 heteroatoms. The summed E-state index contributed by atoms with van der Waals surface area (Å²) in [6.07, 6.45) is 1.79. The summed E-state index contributed by atoms with van der Waals surface area (Å²) in [5, 5.41) is 1.89. The van der Waals surface area contributed by atoms with Gasteiger partial charge in [0, 0.05) is 11.1 Å². The van der Waals surface area contributed by atoms with Gasteiger partial charge in [-0.1, -0.05) is 67.1 Å². The third kappa shape index (κ3) is 2.66. The van der Waals surface area contributed by atoms with Gasteiger partial charge in [0.1, 0.15) is 0 Å². The Kier molecular flexibility index (Phi) is 3.94. The van der Waals surface area contributed by atoms with Gasteiger partial charge >= 0.3 is 0 Å². The van der Waals surface area contributed by atoms with E-state index in [2.05, 4.69) is 56.3 Å². The molecule has 0 atom stereocenters. The van der Waals surface area contributed by atoms with Crippen LogP contribution in [-0.2, 0) is 12.8 Å². The molecule has 3 rings (SSSR count). The summed E-state index contributed by atoms with van der Waals surface area (Å²) in [6.45, 7) is 4.18. The quantitative estimate of drug-likeness (QED) is 0.635. The number of pyridine rings is 1. The van der Waals surface area contributed by atoms with Crippen LogP contribution in [0.2, 0.25) is 5.02 Å². The van der Waals surface area contributed by atoms with Crippen molar-refractivity contribution in [1.29, 1.82) is 0 Å². The molecule has 3 aromatic rings. The van der Waals surface area contributed by atoms with Gasteiger partial charge in [-0.15, -0.1) is 0 Å².